The lowest BCUT2D eigenvalue weighted by molar-refractivity contribution is -0.382. The average molecular weight is 488 g/mol. The van der Waals surface area contributed by atoms with Crippen molar-refractivity contribution in [2.45, 2.75) is 99.0 Å². The third-order valence-corrected chi connectivity index (χ3v) is 6.05. The first-order chi connectivity index (χ1) is 15.5. The van der Waals surface area contributed by atoms with Crippen LogP contribution in [0.1, 0.15) is 6.92 Å². The quantitative estimate of drug-likeness (QED) is 0.167. The Hall–Kier alpha value is -0.600. The van der Waals surface area contributed by atoms with Gasteiger partial charge in [-0.05, 0) is 6.92 Å². The summed E-state index contributed by atoms with van der Waals surface area (Å²) >= 11 is 0. The Labute approximate surface area is 187 Å². The van der Waals surface area contributed by atoms with E-state index < -0.39 is 105 Å². The van der Waals surface area contributed by atoms with Crippen LogP contribution in [0.15, 0.2) is 0 Å². The molecule has 0 aromatic heterocycles. The van der Waals surface area contributed by atoms with Crippen molar-refractivity contribution >= 4 is 0 Å². The first-order valence-electron chi connectivity index (χ1n) is 10.4. The summed E-state index contributed by atoms with van der Waals surface area (Å²) in [5, 5.41) is 99.8. The molecular formula is C18H32O15. The summed E-state index contributed by atoms with van der Waals surface area (Å²) in [4.78, 5) is 0. The molecule has 10 N–H and O–H groups in total. The van der Waals surface area contributed by atoms with Crippen LogP contribution in [0.25, 0.3) is 0 Å². The van der Waals surface area contributed by atoms with Crippen molar-refractivity contribution in [2.75, 3.05) is 13.2 Å². The number of aliphatic hydroxyl groups is 10. The summed E-state index contributed by atoms with van der Waals surface area (Å²) in [7, 11) is 0. The molecule has 0 spiro atoms. The minimum Gasteiger partial charge on any atom is -0.394 e. The highest BCUT2D eigenvalue weighted by atomic mass is 16.8. The van der Waals surface area contributed by atoms with E-state index in [0.717, 1.165) is 0 Å². The zero-order chi connectivity index (χ0) is 24.6. The van der Waals surface area contributed by atoms with Crippen LogP contribution in [0, 0.1) is 0 Å². The van der Waals surface area contributed by atoms with E-state index >= 15 is 0 Å². The molecular weight excluding hydrogens is 456 g/mol. The Kier molecular flexibility index (Phi) is 8.99. The summed E-state index contributed by atoms with van der Waals surface area (Å²) in [5.41, 5.74) is 0. The van der Waals surface area contributed by atoms with E-state index in [1.54, 1.807) is 0 Å². The van der Waals surface area contributed by atoms with Crippen LogP contribution in [0.5, 0.6) is 0 Å². The number of hydrogen-bond acceptors (Lipinski definition) is 15. The average Bonchev–Trinajstić information content (AvgIpc) is 2.80. The third kappa shape index (κ3) is 5.32. The first-order valence-corrected chi connectivity index (χ1v) is 10.4. The molecule has 0 saturated carbocycles. The van der Waals surface area contributed by atoms with Crippen molar-refractivity contribution < 1.29 is 74.7 Å². The fraction of sp³-hybridized carbons (Fsp3) is 1.00. The first kappa shape index (κ1) is 27.0. The highest BCUT2D eigenvalue weighted by molar-refractivity contribution is 4.96. The SMILES string of the molecule is C[C@@H]1O[C@H](O[C@@H]2[C@@H](O)[C@@H](O)O[C@H](CO)[C@@H]2O[C@@H]2O[C@H](CO)[C@@H](O)[C@H](O)[C@H]2O)[C@@H](O)[C@H](O)[C@@H]1O. The minimum atomic E-state index is -1.88. The standard InChI is InChI=1S/C18H32O15/c1-4-7(21)9(23)11(25)17(29-4)33-15-13(27)16(28)30-6(3-20)14(15)32-18-12(26)10(24)8(22)5(2-19)31-18/h4-28H,2-3H2,1H3/t4-,5+,6+,7+,8+,9+,10-,11-,12+,13+,14-,15+,16-,17+,18-/m0/s1. The maximum absolute atomic E-state index is 10.5. The molecule has 194 valence electrons. The van der Waals surface area contributed by atoms with Crippen molar-refractivity contribution in [1.29, 1.82) is 0 Å². The lowest BCUT2D eigenvalue weighted by Crippen LogP contribution is -2.66. The van der Waals surface area contributed by atoms with Crippen molar-refractivity contribution in [1.82, 2.24) is 0 Å². The summed E-state index contributed by atoms with van der Waals surface area (Å²) in [6.07, 6.45) is -24.0. The smallest absolute Gasteiger partial charge is 0.187 e. The van der Waals surface area contributed by atoms with Crippen LogP contribution < -0.4 is 0 Å². The van der Waals surface area contributed by atoms with Gasteiger partial charge in [0.2, 0.25) is 0 Å². The monoisotopic (exact) mass is 488 g/mol. The van der Waals surface area contributed by atoms with Crippen molar-refractivity contribution in [3.63, 3.8) is 0 Å². The van der Waals surface area contributed by atoms with Gasteiger partial charge in [-0.15, -0.1) is 0 Å². The van der Waals surface area contributed by atoms with Crippen LogP contribution in [-0.4, -0.2) is 156 Å². The van der Waals surface area contributed by atoms with Crippen LogP contribution in [0.2, 0.25) is 0 Å². The van der Waals surface area contributed by atoms with Gasteiger partial charge >= 0.3 is 0 Å². The molecule has 0 aliphatic carbocycles. The maximum Gasteiger partial charge on any atom is 0.187 e. The van der Waals surface area contributed by atoms with Crippen molar-refractivity contribution in [3.05, 3.63) is 0 Å². The normalized spacial score (nSPS) is 53.7. The molecule has 15 atom stereocenters. The van der Waals surface area contributed by atoms with Gasteiger partial charge in [-0.2, -0.15) is 0 Å². The van der Waals surface area contributed by atoms with Gasteiger partial charge in [0.1, 0.15) is 67.1 Å². The maximum atomic E-state index is 10.5. The Morgan fingerprint density at radius 3 is 1.64 bits per heavy atom. The predicted molar refractivity (Wildman–Crippen MR) is 99.8 cm³/mol. The lowest BCUT2D eigenvalue weighted by atomic mass is 9.96. The van der Waals surface area contributed by atoms with Gasteiger partial charge in [0.25, 0.3) is 0 Å². The zero-order valence-electron chi connectivity index (χ0n) is 17.6. The fourth-order valence-electron chi connectivity index (χ4n) is 3.99. The second-order valence-corrected chi connectivity index (χ2v) is 8.32. The Bertz CT molecular complexity index is 624. The van der Waals surface area contributed by atoms with E-state index in [1.807, 2.05) is 0 Å². The molecule has 3 fully saturated rings. The highest BCUT2D eigenvalue weighted by Crippen LogP contribution is 2.32. The summed E-state index contributed by atoms with van der Waals surface area (Å²) in [6, 6.07) is 0. The molecule has 0 amide bonds. The molecule has 0 bridgehead atoms. The molecule has 3 saturated heterocycles. The van der Waals surface area contributed by atoms with Gasteiger partial charge in [0.15, 0.2) is 18.9 Å². The summed E-state index contributed by atoms with van der Waals surface area (Å²) in [6.45, 7) is -0.127. The molecule has 15 nitrogen and oxygen atoms in total. The largest absolute Gasteiger partial charge is 0.394 e. The number of ether oxygens (including phenoxy) is 5. The van der Waals surface area contributed by atoms with Crippen LogP contribution >= 0.6 is 0 Å². The molecule has 0 radical (unpaired) electrons. The Morgan fingerprint density at radius 2 is 1.06 bits per heavy atom. The highest BCUT2D eigenvalue weighted by Gasteiger charge is 2.53. The molecule has 3 rings (SSSR count). The lowest BCUT2D eigenvalue weighted by Gasteiger charge is -2.48. The number of hydrogen-bond donors (Lipinski definition) is 10. The molecule has 15 heteroatoms. The molecule has 0 aromatic rings. The van der Waals surface area contributed by atoms with E-state index in [0.29, 0.717) is 0 Å². The van der Waals surface area contributed by atoms with Gasteiger partial charge in [0, 0.05) is 0 Å². The topological polar surface area (TPSA) is 248 Å². The van der Waals surface area contributed by atoms with Crippen molar-refractivity contribution in [3.8, 4) is 0 Å². The molecule has 0 aromatic carbocycles. The molecule has 3 aliphatic heterocycles. The van der Waals surface area contributed by atoms with E-state index in [4.69, 9.17) is 23.7 Å². The molecule has 3 aliphatic rings. The Morgan fingerprint density at radius 1 is 0.545 bits per heavy atom. The van der Waals surface area contributed by atoms with Gasteiger partial charge in [-0.3, -0.25) is 0 Å². The Balaban J connectivity index is 1.83. The van der Waals surface area contributed by atoms with E-state index in [-0.39, 0.29) is 0 Å². The van der Waals surface area contributed by atoms with Gasteiger partial charge in [-0.1, -0.05) is 0 Å². The number of rotatable bonds is 6. The second kappa shape index (κ2) is 11.0. The fourth-order valence-corrected chi connectivity index (χ4v) is 3.99. The van der Waals surface area contributed by atoms with Gasteiger partial charge < -0.3 is 74.7 Å². The van der Waals surface area contributed by atoms with E-state index in [2.05, 4.69) is 0 Å². The molecule has 33 heavy (non-hydrogen) atoms. The number of aliphatic hydroxyl groups excluding tert-OH is 10. The van der Waals surface area contributed by atoms with E-state index in [1.165, 1.54) is 6.92 Å². The minimum absolute atomic E-state index is 0.739. The van der Waals surface area contributed by atoms with Gasteiger partial charge in [-0.25, -0.2) is 0 Å². The van der Waals surface area contributed by atoms with Gasteiger partial charge in [0.05, 0.1) is 19.3 Å². The second-order valence-electron chi connectivity index (χ2n) is 8.32. The predicted octanol–water partition coefficient (Wildman–Crippen LogP) is -6.55. The molecule has 0 unspecified atom stereocenters. The zero-order valence-corrected chi connectivity index (χ0v) is 17.6. The van der Waals surface area contributed by atoms with E-state index in [9.17, 15) is 51.1 Å². The third-order valence-electron chi connectivity index (χ3n) is 6.05. The van der Waals surface area contributed by atoms with Crippen LogP contribution in [0.4, 0.5) is 0 Å². The molecule has 3 heterocycles. The van der Waals surface area contributed by atoms with Crippen molar-refractivity contribution in [2.24, 2.45) is 0 Å². The summed E-state index contributed by atoms with van der Waals surface area (Å²) in [5.74, 6) is 0. The van der Waals surface area contributed by atoms with Crippen LogP contribution in [-0.2, 0) is 23.7 Å². The van der Waals surface area contributed by atoms with Crippen LogP contribution in [0.3, 0.4) is 0 Å². The summed E-state index contributed by atoms with van der Waals surface area (Å²) < 4.78 is 26.9.